The van der Waals surface area contributed by atoms with E-state index < -0.39 is 0 Å². The number of nitrogens with zero attached hydrogens (tertiary/aromatic N) is 2. The summed E-state index contributed by atoms with van der Waals surface area (Å²) >= 11 is 5.80. The molecule has 0 atom stereocenters. The summed E-state index contributed by atoms with van der Waals surface area (Å²) < 4.78 is 23.7. The van der Waals surface area contributed by atoms with Crippen LogP contribution >= 0.6 is 11.6 Å². The van der Waals surface area contributed by atoms with Gasteiger partial charge >= 0.3 is 0 Å². The average molecular weight is 367 g/mol. The van der Waals surface area contributed by atoms with E-state index in [1.54, 1.807) is 11.0 Å². The second-order valence-electron chi connectivity index (χ2n) is 5.96. The molecule has 1 amide bonds. The van der Waals surface area contributed by atoms with Crippen LogP contribution in [0.15, 0.2) is 40.8 Å². The summed E-state index contributed by atoms with van der Waals surface area (Å²) in [6.07, 6.45) is 0.886. The summed E-state index contributed by atoms with van der Waals surface area (Å²) in [4.78, 5) is 16.4. The van der Waals surface area contributed by atoms with Crippen molar-refractivity contribution < 1.29 is 18.3 Å². The Morgan fingerprint density at radius 3 is 2.64 bits per heavy atom. The van der Waals surface area contributed by atoms with Crippen molar-refractivity contribution >= 4 is 17.5 Å². The minimum atomic E-state index is -0.330. The lowest BCUT2D eigenvalue weighted by molar-refractivity contribution is -0.133. The highest BCUT2D eigenvalue weighted by atomic mass is 35.5. The van der Waals surface area contributed by atoms with Crippen molar-refractivity contribution in [3.05, 3.63) is 53.2 Å². The van der Waals surface area contributed by atoms with Gasteiger partial charge in [-0.2, -0.15) is 0 Å². The quantitative estimate of drug-likeness (QED) is 0.815. The van der Waals surface area contributed by atoms with Crippen LogP contribution in [0.4, 0.5) is 4.39 Å². The normalized spacial score (nSPS) is 15.8. The van der Waals surface area contributed by atoms with Gasteiger partial charge in [0.2, 0.25) is 0 Å². The first-order valence-electron chi connectivity index (χ1n) is 8.23. The van der Waals surface area contributed by atoms with E-state index in [4.69, 9.17) is 20.8 Å². The third kappa shape index (κ3) is 5.21. The minimum absolute atomic E-state index is 0.0422. The van der Waals surface area contributed by atoms with Crippen LogP contribution in [0.3, 0.4) is 0 Å². The van der Waals surface area contributed by atoms with Gasteiger partial charge in [0.05, 0.1) is 6.54 Å². The van der Waals surface area contributed by atoms with Crippen LogP contribution in [0.2, 0.25) is 5.22 Å². The largest absolute Gasteiger partial charge is 0.484 e. The third-order valence-corrected chi connectivity index (χ3v) is 4.33. The Hall–Kier alpha value is -2.05. The number of amides is 1. The average Bonchev–Trinajstić information content (AvgIpc) is 2.87. The Balaban J connectivity index is 1.46. The summed E-state index contributed by atoms with van der Waals surface area (Å²) in [6, 6.07) is 9.25. The second kappa shape index (κ2) is 8.36. The fourth-order valence-corrected chi connectivity index (χ4v) is 2.96. The van der Waals surface area contributed by atoms with Crippen molar-refractivity contribution in [3.8, 4) is 5.75 Å². The van der Waals surface area contributed by atoms with Gasteiger partial charge in [0.1, 0.15) is 17.3 Å². The zero-order valence-electron chi connectivity index (χ0n) is 13.8. The maximum Gasteiger partial charge on any atom is 0.260 e. The number of benzene rings is 1. The predicted octanol–water partition coefficient (Wildman–Crippen LogP) is 3.19. The lowest BCUT2D eigenvalue weighted by Crippen LogP contribution is -2.37. The lowest BCUT2D eigenvalue weighted by Gasteiger charge is -2.21. The number of carbonyl (C=O) groups excluding carboxylic acids is 1. The molecule has 2 heterocycles. The van der Waals surface area contributed by atoms with Gasteiger partial charge in [-0.3, -0.25) is 9.69 Å². The fourth-order valence-electron chi connectivity index (χ4n) is 2.80. The number of carbonyl (C=O) groups is 1. The molecule has 0 unspecified atom stereocenters. The number of hydrogen-bond donors (Lipinski definition) is 0. The van der Waals surface area contributed by atoms with E-state index in [0.29, 0.717) is 30.6 Å². The summed E-state index contributed by atoms with van der Waals surface area (Å²) in [5, 5.41) is 0.388. The molecule has 1 aromatic carbocycles. The molecule has 1 saturated heterocycles. The molecule has 0 spiro atoms. The number of rotatable bonds is 5. The molecule has 1 aliphatic heterocycles. The molecule has 3 rings (SSSR count). The van der Waals surface area contributed by atoms with E-state index in [0.717, 1.165) is 25.3 Å². The summed E-state index contributed by atoms with van der Waals surface area (Å²) in [5.41, 5.74) is 0. The smallest absolute Gasteiger partial charge is 0.260 e. The van der Waals surface area contributed by atoms with Gasteiger partial charge in [-0.05, 0) is 54.4 Å². The highest BCUT2D eigenvalue weighted by Crippen LogP contribution is 2.16. The molecule has 25 heavy (non-hydrogen) atoms. The molecule has 0 aliphatic carbocycles. The highest BCUT2D eigenvalue weighted by molar-refractivity contribution is 6.28. The summed E-state index contributed by atoms with van der Waals surface area (Å²) in [6.45, 7) is 3.63. The van der Waals surface area contributed by atoms with Gasteiger partial charge in [0.25, 0.3) is 5.91 Å². The van der Waals surface area contributed by atoms with Crippen molar-refractivity contribution in [1.82, 2.24) is 9.80 Å². The van der Waals surface area contributed by atoms with Crippen LogP contribution in [0.25, 0.3) is 0 Å². The molecule has 2 aromatic rings. The maximum atomic E-state index is 12.9. The number of halogens is 2. The van der Waals surface area contributed by atoms with Crippen molar-refractivity contribution in [2.45, 2.75) is 13.0 Å². The predicted molar refractivity (Wildman–Crippen MR) is 92.1 cm³/mol. The van der Waals surface area contributed by atoms with Crippen LogP contribution < -0.4 is 4.74 Å². The maximum absolute atomic E-state index is 12.9. The molecule has 1 aromatic heterocycles. The van der Waals surface area contributed by atoms with Gasteiger partial charge in [0, 0.05) is 26.2 Å². The molecule has 0 saturated carbocycles. The Kier molecular flexibility index (Phi) is 5.94. The fraction of sp³-hybridized carbons (Fsp3) is 0.389. The van der Waals surface area contributed by atoms with Gasteiger partial charge in [-0.25, -0.2) is 4.39 Å². The van der Waals surface area contributed by atoms with E-state index in [-0.39, 0.29) is 18.3 Å². The minimum Gasteiger partial charge on any atom is -0.484 e. The molecule has 5 nitrogen and oxygen atoms in total. The molecular weight excluding hydrogens is 347 g/mol. The van der Waals surface area contributed by atoms with Crippen LogP contribution in [-0.4, -0.2) is 48.5 Å². The Bertz CT molecular complexity index is 705. The van der Waals surface area contributed by atoms with Gasteiger partial charge in [0.15, 0.2) is 11.8 Å². The SMILES string of the molecule is O=C(COc1ccc(F)cc1)N1CCCN(Cc2ccc(Cl)o2)CC1. The summed E-state index contributed by atoms with van der Waals surface area (Å²) in [7, 11) is 0. The zero-order valence-corrected chi connectivity index (χ0v) is 14.5. The molecule has 0 N–H and O–H groups in total. The molecule has 134 valence electrons. The number of furan rings is 1. The molecule has 0 radical (unpaired) electrons. The van der Waals surface area contributed by atoms with E-state index >= 15 is 0 Å². The van der Waals surface area contributed by atoms with Crippen LogP contribution in [0.1, 0.15) is 12.2 Å². The Labute approximate surface area is 150 Å². The first-order chi connectivity index (χ1) is 12.1. The van der Waals surface area contributed by atoms with Crippen LogP contribution in [0, 0.1) is 5.82 Å². The molecular formula is C18H20ClFN2O3. The Morgan fingerprint density at radius 1 is 1.12 bits per heavy atom. The molecule has 1 fully saturated rings. The highest BCUT2D eigenvalue weighted by Gasteiger charge is 2.20. The standard InChI is InChI=1S/C18H20ClFN2O3/c19-17-7-6-16(25-17)12-21-8-1-9-22(11-10-21)18(23)13-24-15-4-2-14(20)3-5-15/h2-7H,1,8-13H2. The van der Waals surface area contributed by atoms with Crippen molar-refractivity contribution in [2.24, 2.45) is 0 Å². The van der Waals surface area contributed by atoms with Crippen molar-refractivity contribution in [2.75, 3.05) is 32.8 Å². The van der Waals surface area contributed by atoms with E-state index in [1.807, 2.05) is 6.07 Å². The van der Waals surface area contributed by atoms with E-state index in [1.165, 1.54) is 24.3 Å². The lowest BCUT2D eigenvalue weighted by atomic mass is 10.3. The van der Waals surface area contributed by atoms with Crippen molar-refractivity contribution in [3.63, 3.8) is 0 Å². The number of ether oxygens (including phenoxy) is 1. The topological polar surface area (TPSA) is 45.9 Å². The van der Waals surface area contributed by atoms with Crippen LogP contribution in [-0.2, 0) is 11.3 Å². The summed E-state index contributed by atoms with van der Waals surface area (Å²) in [5.74, 6) is 0.918. The third-order valence-electron chi connectivity index (χ3n) is 4.13. The van der Waals surface area contributed by atoms with Crippen LogP contribution in [0.5, 0.6) is 5.75 Å². The van der Waals surface area contributed by atoms with Gasteiger partial charge in [-0.1, -0.05) is 0 Å². The van der Waals surface area contributed by atoms with E-state index in [2.05, 4.69) is 4.90 Å². The monoisotopic (exact) mass is 366 g/mol. The van der Waals surface area contributed by atoms with Gasteiger partial charge in [-0.15, -0.1) is 0 Å². The second-order valence-corrected chi connectivity index (χ2v) is 6.33. The van der Waals surface area contributed by atoms with Crippen molar-refractivity contribution in [1.29, 1.82) is 0 Å². The molecule has 7 heteroatoms. The molecule has 1 aliphatic rings. The number of hydrogen-bond acceptors (Lipinski definition) is 4. The molecule has 0 bridgehead atoms. The zero-order chi connectivity index (χ0) is 17.6. The van der Waals surface area contributed by atoms with Gasteiger partial charge < -0.3 is 14.1 Å². The first kappa shape index (κ1) is 17.8. The first-order valence-corrected chi connectivity index (χ1v) is 8.61. The Morgan fingerprint density at radius 2 is 1.92 bits per heavy atom. The van der Waals surface area contributed by atoms with E-state index in [9.17, 15) is 9.18 Å².